The molecule has 3 N–H and O–H groups in total. The van der Waals surface area contributed by atoms with Crippen LogP contribution >= 0.6 is 0 Å². The maximum Gasteiger partial charge on any atom is 0.315 e. The number of para-hydroxylation sites is 1. The van der Waals surface area contributed by atoms with Crippen molar-refractivity contribution in [1.82, 2.24) is 10.6 Å². The van der Waals surface area contributed by atoms with Crippen LogP contribution < -0.4 is 15.4 Å². The number of aryl methyl sites for hydroxylation is 1. The van der Waals surface area contributed by atoms with Crippen molar-refractivity contribution in [3.63, 3.8) is 0 Å². The van der Waals surface area contributed by atoms with E-state index < -0.39 is 5.60 Å². The number of carbonyl (C=O) groups is 1. The highest BCUT2D eigenvalue weighted by Gasteiger charge is 2.32. The second kappa shape index (κ2) is 8.03. The number of hydrogen-bond acceptors (Lipinski definition) is 3. The molecule has 132 valence electrons. The molecule has 0 aromatic heterocycles. The second-order valence-electron chi connectivity index (χ2n) is 6.44. The fourth-order valence-corrected chi connectivity index (χ4v) is 3.09. The van der Waals surface area contributed by atoms with Crippen molar-refractivity contribution >= 4 is 6.03 Å². The van der Waals surface area contributed by atoms with Crippen LogP contribution in [0, 0.1) is 0 Å². The highest BCUT2D eigenvalue weighted by Crippen LogP contribution is 2.28. The zero-order chi connectivity index (χ0) is 17.5. The first-order valence-corrected chi connectivity index (χ1v) is 8.63. The summed E-state index contributed by atoms with van der Waals surface area (Å²) in [5.41, 5.74) is 1.57. The van der Waals surface area contributed by atoms with Crippen LogP contribution in [0.2, 0.25) is 0 Å². The lowest BCUT2D eigenvalue weighted by atomic mass is 9.80. The molecule has 1 atom stereocenters. The zero-order valence-corrected chi connectivity index (χ0v) is 14.2. The fraction of sp³-hybridized carbons (Fsp3) is 0.350. The highest BCUT2D eigenvalue weighted by molar-refractivity contribution is 5.73. The van der Waals surface area contributed by atoms with Gasteiger partial charge in [0.25, 0.3) is 0 Å². The average molecular weight is 340 g/mol. The van der Waals surface area contributed by atoms with Crippen molar-refractivity contribution in [2.75, 3.05) is 19.7 Å². The molecular formula is C20H24N2O3. The largest absolute Gasteiger partial charge is 0.492 e. The molecule has 1 aliphatic carbocycles. The minimum Gasteiger partial charge on any atom is -0.492 e. The Bertz CT molecular complexity index is 705. The Labute approximate surface area is 148 Å². The predicted octanol–water partition coefficient (Wildman–Crippen LogP) is 2.28. The van der Waals surface area contributed by atoms with E-state index in [1.807, 2.05) is 48.5 Å². The van der Waals surface area contributed by atoms with E-state index in [2.05, 4.69) is 16.7 Å². The second-order valence-corrected chi connectivity index (χ2v) is 6.44. The standard InChI is InChI=1S/C20H24N2O3/c23-19(21-12-13-25-18-8-2-1-3-9-18)22-15-20(24)11-10-16-6-4-5-7-17(16)14-20/h1-9,24H,10-15H2,(H2,21,22,23)/t20-/m1/s1. The Hall–Kier alpha value is -2.53. The van der Waals surface area contributed by atoms with Gasteiger partial charge in [-0.3, -0.25) is 0 Å². The van der Waals surface area contributed by atoms with Crippen molar-refractivity contribution < 1.29 is 14.6 Å². The third-order valence-corrected chi connectivity index (χ3v) is 4.48. The molecule has 2 aromatic carbocycles. The van der Waals surface area contributed by atoms with E-state index in [4.69, 9.17) is 4.74 Å². The van der Waals surface area contributed by atoms with Gasteiger partial charge >= 0.3 is 6.03 Å². The van der Waals surface area contributed by atoms with Gasteiger partial charge in [-0.1, -0.05) is 42.5 Å². The molecule has 5 heteroatoms. The molecule has 0 heterocycles. The minimum atomic E-state index is -0.883. The summed E-state index contributed by atoms with van der Waals surface area (Å²) in [6, 6.07) is 17.3. The molecule has 0 fully saturated rings. The molecule has 0 unspecified atom stereocenters. The molecule has 0 saturated heterocycles. The summed E-state index contributed by atoms with van der Waals surface area (Å²) in [5, 5.41) is 16.2. The molecule has 3 rings (SSSR count). The third-order valence-electron chi connectivity index (χ3n) is 4.48. The van der Waals surface area contributed by atoms with E-state index in [1.54, 1.807) is 0 Å². The molecule has 5 nitrogen and oxygen atoms in total. The van der Waals surface area contributed by atoms with E-state index in [-0.39, 0.29) is 12.6 Å². The van der Waals surface area contributed by atoms with Gasteiger partial charge in [0.2, 0.25) is 0 Å². The lowest BCUT2D eigenvalue weighted by Gasteiger charge is -2.33. The fourth-order valence-electron chi connectivity index (χ4n) is 3.09. The van der Waals surface area contributed by atoms with E-state index >= 15 is 0 Å². The Morgan fingerprint density at radius 2 is 1.76 bits per heavy atom. The van der Waals surface area contributed by atoms with Crippen molar-refractivity contribution in [3.8, 4) is 5.75 Å². The molecule has 0 radical (unpaired) electrons. The number of rotatable bonds is 6. The number of nitrogens with one attached hydrogen (secondary N) is 2. The Morgan fingerprint density at radius 1 is 1.04 bits per heavy atom. The summed E-state index contributed by atoms with van der Waals surface area (Å²) in [7, 11) is 0. The first-order chi connectivity index (χ1) is 12.1. The summed E-state index contributed by atoms with van der Waals surface area (Å²) >= 11 is 0. The van der Waals surface area contributed by atoms with Crippen LogP contribution in [0.25, 0.3) is 0 Å². The maximum absolute atomic E-state index is 11.9. The lowest BCUT2D eigenvalue weighted by Crippen LogP contribution is -2.49. The summed E-state index contributed by atoms with van der Waals surface area (Å²) in [4.78, 5) is 11.9. The van der Waals surface area contributed by atoms with Gasteiger partial charge in [0.1, 0.15) is 12.4 Å². The zero-order valence-electron chi connectivity index (χ0n) is 14.2. The van der Waals surface area contributed by atoms with Gasteiger partial charge in [-0.15, -0.1) is 0 Å². The van der Waals surface area contributed by atoms with Crippen LogP contribution in [0.5, 0.6) is 5.75 Å². The highest BCUT2D eigenvalue weighted by atomic mass is 16.5. The minimum absolute atomic E-state index is 0.243. The van der Waals surface area contributed by atoms with Crippen LogP contribution in [0.4, 0.5) is 4.79 Å². The van der Waals surface area contributed by atoms with Gasteiger partial charge in [-0.05, 0) is 36.1 Å². The first-order valence-electron chi connectivity index (χ1n) is 8.63. The van der Waals surface area contributed by atoms with Crippen molar-refractivity contribution in [3.05, 3.63) is 65.7 Å². The molecule has 2 aromatic rings. The van der Waals surface area contributed by atoms with Crippen molar-refractivity contribution in [1.29, 1.82) is 0 Å². The molecular weight excluding hydrogens is 316 g/mol. The topological polar surface area (TPSA) is 70.6 Å². The number of hydrogen-bond donors (Lipinski definition) is 3. The van der Waals surface area contributed by atoms with E-state index in [1.165, 1.54) is 5.56 Å². The number of fused-ring (bicyclic) bond motifs is 1. The SMILES string of the molecule is O=C(NCCOc1ccccc1)NC[C@@]1(O)CCc2ccccc2C1. The van der Waals surface area contributed by atoms with Crippen LogP contribution in [0.1, 0.15) is 17.5 Å². The molecule has 0 saturated carbocycles. The average Bonchev–Trinajstić information content (AvgIpc) is 2.64. The molecule has 1 aliphatic rings. The number of benzene rings is 2. The van der Waals surface area contributed by atoms with Crippen LogP contribution in [0.3, 0.4) is 0 Å². The molecule has 2 amide bonds. The molecule has 0 aliphatic heterocycles. The monoisotopic (exact) mass is 340 g/mol. The third kappa shape index (κ3) is 4.97. The normalized spacial score (nSPS) is 18.9. The molecule has 0 bridgehead atoms. The van der Waals surface area contributed by atoms with E-state index in [0.29, 0.717) is 26.0 Å². The molecule has 0 spiro atoms. The number of carbonyl (C=O) groups excluding carboxylic acids is 1. The van der Waals surface area contributed by atoms with Gasteiger partial charge in [-0.2, -0.15) is 0 Å². The maximum atomic E-state index is 11.9. The quantitative estimate of drug-likeness (QED) is 0.707. The van der Waals surface area contributed by atoms with Crippen molar-refractivity contribution in [2.45, 2.75) is 24.9 Å². The van der Waals surface area contributed by atoms with E-state index in [0.717, 1.165) is 17.7 Å². The number of amides is 2. The summed E-state index contributed by atoms with van der Waals surface area (Å²) in [6.07, 6.45) is 2.06. The van der Waals surface area contributed by atoms with E-state index in [9.17, 15) is 9.90 Å². The smallest absolute Gasteiger partial charge is 0.315 e. The van der Waals surface area contributed by atoms with Gasteiger partial charge < -0.3 is 20.5 Å². The van der Waals surface area contributed by atoms with Crippen LogP contribution in [0.15, 0.2) is 54.6 Å². The Balaban J connectivity index is 1.37. The molecule has 25 heavy (non-hydrogen) atoms. The first kappa shape index (κ1) is 17.3. The van der Waals surface area contributed by atoms with Crippen LogP contribution in [-0.4, -0.2) is 36.4 Å². The summed E-state index contributed by atoms with van der Waals surface area (Å²) < 4.78 is 5.52. The summed E-state index contributed by atoms with van der Waals surface area (Å²) in [6.45, 7) is 1.05. The van der Waals surface area contributed by atoms with Gasteiger partial charge in [0.05, 0.1) is 12.1 Å². The lowest BCUT2D eigenvalue weighted by molar-refractivity contribution is 0.0291. The van der Waals surface area contributed by atoms with Crippen molar-refractivity contribution in [2.24, 2.45) is 0 Å². The summed E-state index contributed by atoms with van der Waals surface area (Å²) in [5.74, 6) is 0.778. The number of aliphatic hydroxyl groups is 1. The van der Waals surface area contributed by atoms with Gasteiger partial charge in [0, 0.05) is 13.0 Å². The Kier molecular flexibility index (Phi) is 5.56. The van der Waals surface area contributed by atoms with Crippen LogP contribution in [-0.2, 0) is 12.8 Å². The number of urea groups is 1. The van der Waals surface area contributed by atoms with Gasteiger partial charge in [0.15, 0.2) is 0 Å². The van der Waals surface area contributed by atoms with Gasteiger partial charge in [-0.25, -0.2) is 4.79 Å². The predicted molar refractivity (Wildman–Crippen MR) is 96.8 cm³/mol. The Morgan fingerprint density at radius 3 is 2.56 bits per heavy atom. The number of ether oxygens (including phenoxy) is 1.